The van der Waals surface area contributed by atoms with E-state index in [2.05, 4.69) is 25.0 Å². The van der Waals surface area contributed by atoms with E-state index in [0.717, 1.165) is 10.6 Å². The highest BCUT2D eigenvalue weighted by Crippen LogP contribution is 2.25. The first kappa shape index (κ1) is 14.5. The minimum atomic E-state index is -0.337. The summed E-state index contributed by atoms with van der Waals surface area (Å²) in [6.45, 7) is 0. The largest absolute Gasteiger partial charge is 0.465 e. The van der Waals surface area contributed by atoms with E-state index in [0.29, 0.717) is 22.5 Å². The van der Waals surface area contributed by atoms with Crippen LogP contribution in [0.5, 0.6) is 0 Å². The van der Waals surface area contributed by atoms with Crippen LogP contribution in [0.15, 0.2) is 35.6 Å². The Labute approximate surface area is 130 Å². The highest BCUT2D eigenvalue weighted by molar-refractivity contribution is 7.98. The van der Waals surface area contributed by atoms with Gasteiger partial charge in [0.05, 0.1) is 12.7 Å². The first-order valence-electron chi connectivity index (χ1n) is 6.49. The quantitative estimate of drug-likeness (QED) is 0.412. The molecule has 1 aromatic carbocycles. The fraction of sp³-hybridized carbons (Fsp3) is 0.214. The van der Waals surface area contributed by atoms with E-state index in [1.807, 2.05) is 12.1 Å². The SMILES string of the molecule is COC(=O)c1ccc(CSc2ncnc3c2nnn3C)cc1. The zero-order valence-electron chi connectivity index (χ0n) is 12.1. The second-order valence-electron chi connectivity index (χ2n) is 4.54. The van der Waals surface area contributed by atoms with Crippen molar-refractivity contribution in [3.05, 3.63) is 41.7 Å². The Hall–Kier alpha value is -2.48. The third kappa shape index (κ3) is 2.77. The van der Waals surface area contributed by atoms with Crippen LogP contribution in [0.4, 0.5) is 0 Å². The third-order valence-corrected chi connectivity index (χ3v) is 4.16. The fourth-order valence-corrected chi connectivity index (χ4v) is 2.83. The molecule has 0 aliphatic rings. The van der Waals surface area contributed by atoms with Crippen molar-refractivity contribution in [2.75, 3.05) is 7.11 Å². The van der Waals surface area contributed by atoms with Crippen molar-refractivity contribution in [1.82, 2.24) is 25.0 Å². The van der Waals surface area contributed by atoms with E-state index in [1.165, 1.54) is 13.4 Å². The summed E-state index contributed by atoms with van der Waals surface area (Å²) in [6, 6.07) is 7.29. The smallest absolute Gasteiger partial charge is 0.337 e. The van der Waals surface area contributed by atoms with Gasteiger partial charge in [0.1, 0.15) is 11.4 Å². The number of nitrogens with zero attached hydrogens (tertiary/aromatic N) is 5. The first-order valence-corrected chi connectivity index (χ1v) is 7.48. The molecule has 2 aromatic heterocycles. The van der Waals surface area contributed by atoms with Crippen LogP contribution in [-0.2, 0) is 17.5 Å². The molecule has 0 bridgehead atoms. The summed E-state index contributed by atoms with van der Waals surface area (Å²) in [4.78, 5) is 19.8. The number of carbonyl (C=O) groups excluding carboxylic acids is 1. The van der Waals surface area contributed by atoms with Gasteiger partial charge in [0.2, 0.25) is 0 Å². The standard InChI is InChI=1S/C14H13N5O2S/c1-19-12-11(17-18-19)13(16-8-15-12)22-7-9-3-5-10(6-4-9)14(20)21-2/h3-6,8H,7H2,1-2H3. The lowest BCUT2D eigenvalue weighted by molar-refractivity contribution is 0.0600. The van der Waals surface area contributed by atoms with Crippen molar-refractivity contribution >= 4 is 28.9 Å². The highest BCUT2D eigenvalue weighted by Gasteiger charge is 2.10. The summed E-state index contributed by atoms with van der Waals surface area (Å²) in [7, 11) is 3.16. The minimum absolute atomic E-state index is 0.337. The van der Waals surface area contributed by atoms with E-state index in [9.17, 15) is 4.79 Å². The van der Waals surface area contributed by atoms with E-state index >= 15 is 0 Å². The average molecular weight is 315 g/mol. The second-order valence-corrected chi connectivity index (χ2v) is 5.51. The summed E-state index contributed by atoms with van der Waals surface area (Å²) in [5, 5.41) is 8.82. The number of fused-ring (bicyclic) bond motifs is 1. The predicted molar refractivity (Wildman–Crippen MR) is 81.4 cm³/mol. The molecule has 0 atom stereocenters. The van der Waals surface area contributed by atoms with E-state index < -0.39 is 0 Å². The van der Waals surface area contributed by atoms with Crippen LogP contribution in [0.1, 0.15) is 15.9 Å². The number of hydrogen-bond acceptors (Lipinski definition) is 7. The summed E-state index contributed by atoms with van der Waals surface area (Å²) < 4.78 is 6.29. The number of esters is 1. The Bertz CT molecular complexity index is 816. The van der Waals surface area contributed by atoms with Gasteiger partial charge in [0.15, 0.2) is 11.2 Å². The third-order valence-electron chi connectivity index (χ3n) is 3.11. The zero-order chi connectivity index (χ0) is 15.5. The first-order chi connectivity index (χ1) is 10.7. The van der Waals surface area contributed by atoms with E-state index in [1.54, 1.807) is 35.6 Å². The van der Waals surface area contributed by atoms with Crippen LogP contribution in [-0.4, -0.2) is 38.0 Å². The van der Waals surface area contributed by atoms with Gasteiger partial charge in [-0.3, -0.25) is 0 Å². The van der Waals surface area contributed by atoms with Crippen molar-refractivity contribution < 1.29 is 9.53 Å². The van der Waals surface area contributed by atoms with Crippen LogP contribution in [0.25, 0.3) is 11.2 Å². The average Bonchev–Trinajstić information content (AvgIpc) is 2.95. The maximum Gasteiger partial charge on any atom is 0.337 e. The summed E-state index contributed by atoms with van der Waals surface area (Å²) >= 11 is 1.55. The van der Waals surface area contributed by atoms with Crippen LogP contribution < -0.4 is 0 Å². The highest BCUT2D eigenvalue weighted by atomic mass is 32.2. The second kappa shape index (κ2) is 6.10. The predicted octanol–water partition coefficient (Wildman–Crippen LogP) is 1.84. The number of rotatable bonds is 4. The molecule has 0 aliphatic carbocycles. The van der Waals surface area contributed by atoms with Crippen LogP contribution in [0.3, 0.4) is 0 Å². The molecule has 7 nitrogen and oxygen atoms in total. The molecule has 0 amide bonds. The molecule has 0 radical (unpaired) electrons. The van der Waals surface area contributed by atoms with Crippen molar-refractivity contribution in [1.29, 1.82) is 0 Å². The zero-order valence-corrected chi connectivity index (χ0v) is 12.9. The summed E-state index contributed by atoms with van der Waals surface area (Å²) in [6.07, 6.45) is 1.51. The molecule has 0 fully saturated rings. The van der Waals surface area contributed by atoms with E-state index in [4.69, 9.17) is 0 Å². The van der Waals surface area contributed by atoms with Crippen LogP contribution in [0.2, 0.25) is 0 Å². The lowest BCUT2D eigenvalue weighted by Crippen LogP contribution is -2.00. The molecule has 0 N–H and O–H groups in total. The Balaban J connectivity index is 1.75. The van der Waals surface area contributed by atoms with Crippen molar-refractivity contribution in [3.8, 4) is 0 Å². The van der Waals surface area contributed by atoms with Gasteiger partial charge in [-0.2, -0.15) is 0 Å². The minimum Gasteiger partial charge on any atom is -0.465 e. The van der Waals surface area contributed by atoms with Crippen molar-refractivity contribution in [3.63, 3.8) is 0 Å². The number of ether oxygens (including phenoxy) is 1. The van der Waals surface area contributed by atoms with Gasteiger partial charge in [-0.05, 0) is 17.7 Å². The Morgan fingerprint density at radius 3 is 2.77 bits per heavy atom. The summed E-state index contributed by atoms with van der Waals surface area (Å²) in [5.41, 5.74) is 3.02. The number of aryl methyl sites for hydroxylation is 1. The molecule has 22 heavy (non-hydrogen) atoms. The normalized spacial score (nSPS) is 10.8. The number of benzene rings is 1. The van der Waals surface area contributed by atoms with Gasteiger partial charge in [0.25, 0.3) is 0 Å². The topological polar surface area (TPSA) is 82.8 Å². The van der Waals surface area contributed by atoms with Gasteiger partial charge in [-0.15, -0.1) is 5.10 Å². The molecule has 112 valence electrons. The Morgan fingerprint density at radius 2 is 2.05 bits per heavy atom. The molecule has 0 saturated heterocycles. The lowest BCUT2D eigenvalue weighted by atomic mass is 10.1. The van der Waals surface area contributed by atoms with Gasteiger partial charge in [0, 0.05) is 12.8 Å². The number of aromatic nitrogens is 5. The molecule has 0 saturated carbocycles. The van der Waals surface area contributed by atoms with Gasteiger partial charge in [-0.1, -0.05) is 29.1 Å². The Kier molecular flexibility index (Phi) is 4.01. The molecule has 3 rings (SSSR count). The summed E-state index contributed by atoms with van der Waals surface area (Å²) in [5.74, 6) is 0.376. The number of hydrogen-bond donors (Lipinski definition) is 0. The number of carbonyl (C=O) groups is 1. The maximum absolute atomic E-state index is 11.4. The molecular weight excluding hydrogens is 302 g/mol. The van der Waals surface area contributed by atoms with Crippen LogP contribution >= 0.6 is 11.8 Å². The monoisotopic (exact) mass is 315 g/mol. The Morgan fingerprint density at radius 1 is 1.27 bits per heavy atom. The van der Waals surface area contributed by atoms with E-state index in [-0.39, 0.29) is 5.97 Å². The van der Waals surface area contributed by atoms with Gasteiger partial charge >= 0.3 is 5.97 Å². The molecule has 0 spiro atoms. The molecule has 0 unspecified atom stereocenters. The van der Waals surface area contributed by atoms with Crippen LogP contribution in [0, 0.1) is 0 Å². The maximum atomic E-state index is 11.4. The van der Waals surface area contributed by atoms with Gasteiger partial charge < -0.3 is 4.74 Å². The van der Waals surface area contributed by atoms with Gasteiger partial charge in [-0.25, -0.2) is 19.4 Å². The molecule has 2 heterocycles. The molecule has 3 aromatic rings. The number of thioether (sulfide) groups is 1. The molecular formula is C14H13N5O2S. The van der Waals surface area contributed by atoms with Crippen molar-refractivity contribution in [2.45, 2.75) is 10.8 Å². The lowest BCUT2D eigenvalue weighted by Gasteiger charge is -2.03. The van der Waals surface area contributed by atoms with Crippen molar-refractivity contribution in [2.24, 2.45) is 7.05 Å². The molecule has 8 heteroatoms. The molecule has 0 aliphatic heterocycles. The number of methoxy groups -OCH3 is 1. The fourth-order valence-electron chi connectivity index (χ4n) is 1.94.